The zero-order valence-electron chi connectivity index (χ0n) is 9.27. The van der Waals surface area contributed by atoms with Crippen LogP contribution in [0.2, 0.25) is 5.02 Å². The predicted octanol–water partition coefficient (Wildman–Crippen LogP) is 1.62. The van der Waals surface area contributed by atoms with Gasteiger partial charge in [0.15, 0.2) is 0 Å². The molecule has 0 aromatic carbocycles. The van der Waals surface area contributed by atoms with Crippen LogP contribution in [-0.4, -0.2) is 28.1 Å². The molecule has 0 aliphatic carbocycles. The Balaban J connectivity index is 2.59. The molecular formula is C11H15ClN2O2. The molecule has 1 aromatic heterocycles. The standard InChI is InChI=1S/C11H15ClN2O2/c1-7(5-8(2)15)14-11(16)10-6-9(12)3-4-13-10/h3-4,6-8,15H,5H2,1-2H3,(H,14,16). The monoisotopic (exact) mass is 242 g/mol. The summed E-state index contributed by atoms with van der Waals surface area (Å²) < 4.78 is 0. The molecule has 0 radical (unpaired) electrons. The Hall–Kier alpha value is -1.13. The molecule has 2 atom stereocenters. The van der Waals surface area contributed by atoms with Gasteiger partial charge in [-0.3, -0.25) is 9.78 Å². The highest BCUT2D eigenvalue weighted by Gasteiger charge is 2.12. The van der Waals surface area contributed by atoms with Crippen LogP contribution in [0.5, 0.6) is 0 Å². The summed E-state index contributed by atoms with van der Waals surface area (Å²) in [5, 5.41) is 12.4. The van der Waals surface area contributed by atoms with E-state index in [1.54, 1.807) is 13.0 Å². The molecular weight excluding hydrogens is 228 g/mol. The van der Waals surface area contributed by atoms with Crippen LogP contribution < -0.4 is 5.32 Å². The minimum atomic E-state index is -0.442. The van der Waals surface area contributed by atoms with Gasteiger partial charge in [-0.05, 0) is 32.4 Å². The number of halogens is 1. The van der Waals surface area contributed by atoms with E-state index in [0.717, 1.165) is 0 Å². The molecule has 0 aliphatic heterocycles. The number of nitrogens with one attached hydrogen (secondary N) is 1. The normalized spacial score (nSPS) is 14.2. The number of hydrogen-bond acceptors (Lipinski definition) is 3. The van der Waals surface area contributed by atoms with Gasteiger partial charge in [-0.1, -0.05) is 11.6 Å². The van der Waals surface area contributed by atoms with Crippen LogP contribution in [-0.2, 0) is 0 Å². The fraction of sp³-hybridized carbons (Fsp3) is 0.455. The Kier molecular flexibility index (Phi) is 4.71. The van der Waals surface area contributed by atoms with E-state index in [0.29, 0.717) is 11.4 Å². The van der Waals surface area contributed by atoms with Crippen molar-refractivity contribution >= 4 is 17.5 Å². The molecule has 5 heteroatoms. The highest BCUT2D eigenvalue weighted by Crippen LogP contribution is 2.08. The molecule has 88 valence electrons. The van der Waals surface area contributed by atoms with Crippen LogP contribution in [0.3, 0.4) is 0 Å². The third-order valence-electron chi connectivity index (χ3n) is 2.03. The average molecular weight is 243 g/mol. The summed E-state index contributed by atoms with van der Waals surface area (Å²) in [6, 6.07) is 3.01. The zero-order valence-corrected chi connectivity index (χ0v) is 10.0. The third kappa shape index (κ3) is 4.16. The second-order valence-corrected chi connectivity index (χ2v) is 4.25. The number of rotatable bonds is 4. The first kappa shape index (κ1) is 12.9. The molecule has 4 nitrogen and oxygen atoms in total. The summed E-state index contributed by atoms with van der Waals surface area (Å²) in [7, 11) is 0. The lowest BCUT2D eigenvalue weighted by atomic mass is 10.1. The number of hydrogen-bond donors (Lipinski definition) is 2. The number of pyridine rings is 1. The first-order chi connectivity index (χ1) is 7.49. The lowest BCUT2D eigenvalue weighted by Crippen LogP contribution is -2.35. The summed E-state index contributed by atoms with van der Waals surface area (Å²) in [6.45, 7) is 3.51. The highest BCUT2D eigenvalue weighted by atomic mass is 35.5. The fourth-order valence-corrected chi connectivity index (χ4v) is 1.56. The van der Waals surface area contributed by atoms with E-state index in [-0.39, 0.29) is 17.6 Å². The van der Waals surface area contributed by atoms with E-state index in [1.165, 1.54) is 12.3 Å². The lowest BCUT2D eigenvalue weighted by Gasteiger charge is -2.14. The summed E-state index contributed by atoms with van der Waals surface area (Å²) >= 11 is 5.75. The minimum absolute atomic E-state index is 0.103. The Bertz CT molecular complexity index is 369. The molecule has 0 aliphatic rings. The van der Waals surface area contributed by atoms with Crippen molar-refractivity contribution in [3.8, 4) is 0 Å². The fourth-order valence-electron chi connectivity index (χ4n) is 1.40. The van der Waals surface area contributed by atoms with E-state index in [1.807, 2.05) is 6.92 Å². The topological polar surface area (TPSA) is 62.2 Å². The van der Waals surface area contributed by atoms with E-state index in [2.05, 4.69) is 10.3 Å². The van der Waals surface area contributed by atoms with Crippen molar-refractivity contribution in [1.82, 2.24) is 10.3 Å². The Morgan fingerprint density at radius 3 is 2.88 bits per heavy atom. The number of carbonyl (C=O) groups is 1. The van der Waals surface area contributed by atoms with Crippen molar-refractivity contribution in [1.29, 1.82) is 0 Å². The predicted molar refractivity (Wildman–Crippen MR) is 62.5 cm³/mol. The van der Waals surface area contributed by atoms with E-state index in [4.69, 9.17) is 16.7 Å². The summed E-state index contributed by atoms with van der Waals surface area (Å²) in [4.78, 5) is 15.6. The van der Waals surface area contributed by atoms with Gasteiger partial charge in [0.25, 0.3) is 5.91 Å². The number of aliphatic hydroxyl groups excluding tert-OH is 1. The van der Waals surface area contributed by atoms with Gasteiger partial charge < -0.3 is 10.4 Å². The molecule has 1 heterocycles. The van der Waals surface area contributed by atoms with Gasteiger partial charge >= 0.3 is 0 Å². The molecule has 0 spiro atoms. The van der Waals surface area contributed by atoms with Crippen molar-refractivity contribution in [3.63, 3.8) is 0 Å². The average Bonchev–Trinajstić information content (AvgIpc) is 2.16. The molecule has 1 aromatic rings. The van der Waals surface area contributed by atoms with Gasteiger partial charge in [0, 0.05) is 17.3 Å². The smallest absolute Gasteiger partial charge is 0.270 e. The van der Waals surface area contributed by atoms with Gasteiger partial charge in [-0.25, -0.2) is 0 Å². The molecule has 0 saturated heterocycles. The van der Waals surface area contributed by atoms with E-state index >= 15 is 0 Å². The van der Waals surface area contributed by atoms with E-state index < -0.39 is 6.10 Å². The van der Waals surface area contributed by atoms with Crippen molar-refractivity contribution in [2.75, 3.05) is 0 Å². The molecule has 0 saturated carbocycles. The van der Waals surface area contributed by atoms with Gasteiger partial charge in [0.05, 0.1) is 6.10 Å². The number of aliphatic hydroxyl groups is 1. The molecule has 1 rings (SSSR count). The molecule has 16 heavy (non-hydrogen) atoms. The van der Waals surface area contributed by atoms with Crippen LogP contribution in [0.4, 0.5) is 0 Å². The van der Waals surface area contributed by atoms with Crippen LogP contribution in [0.15, 0.2) is 18.3 Å². The van der Waals surface area contributed by atoms with Crippen LogP contribution >= 0.6 is 11.6 Å². The maximum Gasteiger partial charge on any atom is 0.270 e. The molecule has 1 amide bonds. The molecule has 2 N–H and O–H groups in total. The second-order valence-electron chi connectivity index (χ2n) is 3.82. The second kappa shape index (κ2) is 5.82. The maximum absolute atomic E-state index is 11.7. The quantitative estimate of drug-likeness (QED) is 0.844. The summed E-state index contributed by atoms with van der Waals surface area (Å²) in [5.74, 6) is -0.282. The van der Waals surface area contributed by atoms with Crippen molar-refractivity contribution in [2.24, 2.45) is 0 Å². The molecule has 0 bridgehead atoms. The molecule has 2 unspecified atom stereocenters. The first-order valence-electron chi connectivity index (χ1n) is 5.09. The summed E-state index contributed by atoms with van der Waals surface area (Å²) in [6.07, 6.45) is 1.55. The third-order valence-corrected chi connectivity index (χ3v) is 2.26. The molecule has 0 fully saturated rings. The largest absolute Gasteiger partial charge is 0.393 e. The number of aromatic nitrogens is 1. The zero-order chi connectivity index (χ0) is 12.1. The van der Waals surface area contributed by atoms with Gasteiger partial charge in [0.2, 0.25) is 0 Å². The first-order valence-corrected chi connectivity index (χ1v) is 5.47. The van der Waals surface area contributed by atoms with Gasteiger partial charge in [-0.2, -0.15) is 0 Å². The Morgan fingerprint density at radius 1 is 1.62 bits per heavy atom. The van der Waals surface area contributed by atoms with Gasteiger partial charge in [0.1, 0.15) is 5.69 Å². The Morgan fingerprint density at radius 2 is 2.31 bits per heavy atom. The Labute approximate surface area is 99.6 Å². The lowest BCUT2D eigenvalue weighted by molar-refractivity contribution is 0.0918. The number of carbonyl (C=O) groups excluding carboxylic acids is 1. The van der Waals surface area contributed by atoms with Crippen molar-refractivity contribution < 1.29 is 9.90 Å². The van der Waals surface area contributed by atoms with Crippen LogP contribution in [0.1, 0.15) is 30.8 Å². The van der Waals surface area contributed by atoms with Crippen molar-refractivity contribution in [2.45, 2.75) is 32.4 Å². The number of nitrogens with zero attached hydrogens (tertiary/aromatic N) is 1. The van der Waals surface area contributed by atoms with Crippen LogP contribution in [0, 0.1) is 0 Å². The number of amides is 1. The van der Waals surface area contributed by atoms with Crippen molar-refractivity contribution in [3.05, 3.63) is 29.0 Å². The maximum atomic E-state index is 11.7. The SMILES string of the molecule is CC(O)CC(C)NC(=O)c1cc(Cl)ccn1. The highest BCUT2D eigenvalue weighted by molar-refractivity contribution is 6.30. The summed E-state index contributed by atoms with van der Waals surface area (Å²) in [5.41, 5.74) is 0.282. The van der Waals surface area contributed by atoms with Gasteiger partial charge in [-0.15, -0.1) is 0 Å². The van der Waals surface area contributed by atoms with E-state index in [9.17, 15) is 4.79 Å². The minimum Gasteiger partial charge on any atom is -0.393 e. The van der Waals surface area contributed by atoms with Crippen LogP contribution in [0.25, 0.3) is 0 Å².